The largest absolute Gasteiger partial charge is 0.508 e. The van der Waals surface area contributed by atoms with Crippen LogP contribution < -0.4 is 11.2 Å². The number of phenolic OH excluding ortho intramolecular Hbond substituents is 1. The van der Waals surface area contributed by atoms with E-state index < -0.39 is 5.63 Å². The summed E-state index contributed by atoms with van der Waals surface area (Å²) in [6.07, 6.45) is 1.49. The van der Waals surface area contributed by atoms with Gasteiger partial charge < -0.3 is 14.5 Å². The zero-order valence-electron chi connectivity index (χ0n) is 8.56. The van der Waals surface area contributed by atoms with E-state index >= 15 is 0 Å². The van der Waals surface area contributed by atoms with Crippen LogP contribution in [0.2, 0.25) is 0 Å². The number of aromatic nitrogens is 1. The van der Waals surface area contributed by atoms with Crippen molar-refractivity contribution in [2.75, 3.05) is 0 Å². The van der Waals surface area contributed by atoms with Gasteiger partial charge in [0.2, 0.25) is 0 Å². The van der Waals surface area contributed by atoms with Crippen LogP contribution in [0.4, 0.5) is 0 Å². The predicted octanol–water partition coefficient (Wildman–Crippen LogP) is 1.34. The van der Waals surface area contributed by atoms with Crippen molar-refractivity contribution in [2.24, 2.45) is 0 Å². The molecule has 0 saturated carbocycles. The lowest BCUT2D eigenvalue weighted by atomic mass is 10.1. The number of aromatic hydroxyl groups is 1. The van der Waals surface area contributed by atoms with Gasteiger partial charge >= 0.3 is 5.63 Å². The minimum atomic E-state index is -0.575. The summed E-state index contributed by atoms with van der Waals surface area (Å²) < 4.78 is 5.02. The van der Waals surface area contributed by atoms with Crippen LogP contribution in [-0.4, -0.2) is 10.1 Å². The van der Waals surface area contributed by atoms with Crippen molar-refractivity contribution in [3.05, 3.63) is 51.2 Å². The van der Waals surface area contributed by atoms with Crippen LogP contribution in [0.15, 0.2) is 44.5 Å². The molecule has 2 aromatic heterocycles. The molecule has 3 rings (SSSR count). The smallest absolute Gasteiger partial charge is 0.344 e. The average molecular weight is 229 g/mol. The third kappa shape index (κ3) is 1.40. The first-order valence-electron chi connectivity index (χ1n) is 4.93. The molecule has 0 saturated heterocycles. The van der Waals surface area contributed by atoms with Crippen molar-refractivity contribution < 1.29 is 9.52 Å². The van der Waals surface area contributed by atoms with Crippen LogP contribution in [0.3, 0.4) is 0 Å². The molecule has 0 atom stereocenters. The maximum absolute atomic E-state index is 11.7. The molecule has 0 amide bonds. The molecule has 0 spiro atoms. The summed E-state index contributed by atoms with van der Waals surface area (Å²) in [5, 5.41) is 10.9. The maximum atomic E-state index is 11.7. The van der Waals surface area contributed by atoms with E-state index in [1.165, 1.54) is 24.4 Å². The molecule has 1 aromatic carbocycles. The van der Waals surface area contributed by atoms with Crippen molar-refractivity contribution in [1.29, 1.82) is 0 Å². The molecule has 84 valence electrons. The first-order valence-corrected chi connectivity index (χ1v) is 4.93. The van der Waals surface area contributed by atoms with E-state index in [1.807, 2.05) is 0 Å². The molecule has 0 aliphatic carbocycles. The van der Waals surface area contributed by atoms with E-state index in [0.717, 1.165) is 0 Å². The molecule has 0 bridgehead atoms. The lowest BCUT2D eigenvalue weighted by molar-refractivity contribution is 0.475. The van der Waals surface area contributed by atoms with Crippen LogP contribution in [0.25, 0.3) is 21.7 Å². The van der Waals surface area contributed by atoms with Gasteiger partial charge in [0.05, 0.1) is 5.39 Å². The summed E-state index contributed by atoms with van der Waals surface area (Å²) in [6, 6.07) is 5.66. The van der Waals surface area contributed by atoms with Crippen molar-refractivity contribution in [2.45, 2.75) is 0 Å². The Morgan fingerprint density at radius 2 is 1.88 bits per heavy atom. The molecule has 17 heavy (non-hydrogen) atoms. The minimum Gasteiger partial charge on any atom is -0.508 e. The molecule has 0 aliphatic heterocycles. The van der Waals surface area contributed by atoms with E-state index in [-0.39, 0.29) is 22.3 Å². The lowest BCUT2D eigenvalue weighted by Gasteiger charge is -2.01. The number of rotatable bonds is 0. The quantitative estimate of drug-likeness (QED) is 0.570. The van der Waals surface area contributed by atoms with Gasteiger partial charge in [-0.3, -0.25) is 4.79 Å². The zero-order chi connectivity index (χ0) is 12.0. The first-order chi connectivity index (χ1) is 8.15. The number of H-pyrrole nitrogens is 1. The summed E-state index contributed by atoms with van der Waals surface area (Å²) in [6.45, 7) is 0. The predicted molar refractivity (Wildman–Crippen MR) is 62.3 cm³/mol. The number of phenols is 1. The fourth-order valence-electron chi connectivity index (χ4n) is 1.84. The van der Waals surface area contributed by atoms with Gasteiger partial charge in [0.25, 0.3) is 5.56 Å². The molecule has 3 aromatic rings. The molecular weight excluding hydrogens is 222 g/mol. The number of nitrogens with one attached hydrogen (secondary N) is 1. The van der Waals surface area contributed by atoms with Crippen LogP contribution >= 0.6 is 0 Å². The normalized spacial score (nSPS) is 11.1. The minimum absolute atomic E-state index is 0.00595. The molecule has 2 N–H and O–H groups in total. The fraction of sp³-hybridized carbons (Fsp3) is 0. The Morgan fingerprint density at radius 3 is 2.71 bits per heavy atom. The molecule has 5 nitrogen and oxygen atoms in total. The van der Waals surface area contributed by atoms with Crippen LogP contribution in [0.5, 0.6) is 5.75 Å². The number of hydrogen-bond donors (Lipinski definition) is 2. The van der Waals surface area contributed by atoms with Crippen molar-refractivity contribution >= 4 is 21.7 Å². The van der Waals surface area contributed by atoms with Gasteiger partial charge in [0.15, 0.2) is 0 Å². The molecule has 0 aliphatic rings. The molecule has 0 radical (unpaired) electrons. The van der Waals surface area contributed by atoms with Gasteiger partial charge in [-0.15, -0.1) is 0 Å². The van der Waals surface area contributed by atoms with Crippen LogP contribution in [0, 0.1) is 0 Å². The number of aromatic amines is 1. The highest BCUT2D eigenvalue weighted by Gasteiger charge is 2.08. The standard InChI is InChI=1S/C12H7NO4/c14-6-1-2-7-8(3-6)12(16)17-10-4-11(15)13-5-9(7)10/h1-5,14H,(H,13,15). The Hall–Kier alpha value is -2.56. The van der Waals surface area contributed by atoms with E-state index in [1.54, 1.807) is 6.07 Å². The number of fused-ring (bicyclic) bond motifs is 3. The van der Waals surface area contributed by atoms with Crippen molar-refractivity contribution in [3.8, 4) is 5.75 Å². The van der Waals surface area contributed by atoms with Gasteiger partial charge in [-0.25, -0.2) is 4.79 Å². The second kappa shape index (κ2) is 3.21. The summed E-state index contributed by atoms with van der Waals surface area (Å²) in [4.78, 5) is 25.3. The third-order valence-corrected chi connectivity index (χ3v) is 2.60. The third-order valence-electron chi connectivity index (χ3n) is 2.60. The first kappa shape index (κ1) is 9.65. The monoisotopic (exact) mass is 229 g/mol. The zero-order valence-corrected chi connectivity index (χ0v) is 8.56. The Labute approximate surface area is 93.9 Å². The summed E-state index contributed by atoms with van der Waals surface area (Å²) in [7, 11) is 0. The van der Waals surface area contributed by atoms with E-state index in [4.69, 9.17) is 4.42 Å². The summed E-state index contributed by atoms with van der Waals surface area (Å²) >= 11 is 0. The van der Waals surface area contributed by atoms with Gasteiger partial charge in [-0.2, -0.15) is 0 Å². The Balaban J connectivity index is 2.65. The van der Waals surface area contributed by atoms with Gasteiger partial charge in [0, 0.05) is 23.0 Å². The number of benzene rings is 1. The molecule has 0 fully saturated rings. The van der Waals surface area contributed by atoms with Crippen molar-refractivity contribution in [1.82, 2.24) is 4.98 Å². The lowest BCUT2D eigenvalue weighted by Crippen LogP contribution is -2.05. The van der Waals surface area contributed by atoms with Crippen LogP contribution in [-0.2, 0) is 0 Å². The second-order valence-corrected chi connectivity index (χ2v) is 3.69. The van der Waals surface area contributed by atoms with E-state index in [0.29, 0.717) is 10.8 Å². The van der Waals surface area contributed by atoms with E-state index in [9.17, 15) is 14.7 Å². The van der Waals surface area contributed by atoms with Gasteiger partial charge in [-0.1, -0.05) is 0 Å². The topological polar surface area (TPSA) is 83.3 Å². The fourth-order valence-corrected chi connectivity index (χ4v) is 1.84. The Bertz CT molecular complexity index is 844. The second-order valence-electron chi connectivity index (χ2n) is 3.69. The molecule has 5 heteroatoms. The maximum Gasteiger partial charge on any atom is 0.344 e. The highest BCUT2D eigenvalue weighted by Crippen LogP contribution is 2.23. The van der Waals surface area contributed by atoms with Gasteiger partial charge in [-0.05, 0) is 18.2 Å². The Morgan fingerprint density at radius 1 is 1.06 bits per heavy atom. The SMILES string of the molecule is O=c1cc2oc(=O)c3cc(O)ccc3c2c[nH]1. The molecular formula is C12H7NO4. The summed E-state index contributed by atoms with van der Waals surface area (Å²) in [5.74, 6) is -0.00595. The van der Waals surface area contributed by atoms with Gasteiger partial charge in [0.1, 0.15) is 11.3 Å². The number of pyridine rings is 1. The van der Waals surface area contributed by atoms with Crippen LogP contribution in [0.1, 0.15) is 0 Å². The molecule has 0 unspecified atom stereocenters. The van der Waals surface area contributed by atoms with E-state index in [2.05, 4.69) is 4.98 Å². The highest BCUT2D eigenvalue weighted by molar-refractivity contribution is 6.04. The van der Waals surface area contributed by atoms with Crippen molar-refractivity contribution in [3.63, 3.8) is 0 Å². The Kier molecular flexibility index (Phi) is 1.82. The average Bonchev–Trinajstić information content (AvgIpc) is 2.29. The highest BCUT2D eigenvalue weighted by atomic mass is 16.4. The summed E-state index contributed by atoms with van der Waals surface area (Å²) in [5.41, 5.74) is -0.676. The number of hydrogen-bond acceptors (Lipinski definition) is 4. The molecule has 2 heterocycles.